The lowest BCUT2D eigenvalue weighted by atomic mass is 9.99. The summed E-state index contributed by atoms with van der Waals surface area (Å²) in [5, 5.41) is 3.33. The van der Waals surface area contributed by atoms with Gasteiger partial charge in [-0.25, -0.2) is 0 Å². The van der Waals surface area contributed by atoms with Crippen LogP contribution in [0.3, 0.4) is 0 Å². The van der Waals surface area contributed by atoms with Gasteiger partial charge in [-0.3, -0.25) is 4.79 Å². The number of ether oxygens (including phenoxy) is 2. The summed E-state index contributed by atoms with van der Waals surface area (Å²) in [7, 11) is 0. The first-order valence-corrected chi connectivity index (χ1v) is 6.34. The molecule has 0 aromatic heterocycles. The molecule has 0 spiro atoms. The Balaban J connectivity index is 1.99. The quantitative estimate of drug-likeness (QED) is 0.772. The highest BCUT2D eigenvalue weighted by atomic mass is 16.5. The van der Waals surface area contributed by atoms with Gasteiger partial charge in [-0.2, -0.15) is 0 Å². The van der Waals surface area contributed by atoms with E-state index in [1.54, 1.807) is 0 Å². The van der Waals surface area contributed by atoms with E-state index in [9.17, 15) is 4.79 Å². The van der Waals surface area contributed by atoms with Gasteiger partial charge < -0.3 is 14.8 Å². The average Bonchev–Trinajstić information content (AvgIpc) is 2.33. The van der Waals surface area contributed by atoms with Gasteiger partial charge in [0.2, 0.25) is 0 Å². The minimum absolute atomic E-state index is 0.170. The highest BCUT2D eigenvalue weighted by Gasteiger charge is 2.25. The maximum atomic E-state index is 12.0. The molecule has 1 aromatic rings. The molecule has 18 heavy (non-hydrogen) atoms. The SMILES string of the molecule is CCOC(=O)C(CNC1COC1)c1ccccc1. The monoisotopic (exact) mass is 249 g/mol. The highest BCUT2D eigenvalue weighted by Crippen LogP contribution is 2.17. The second-order valence-corrected chi connectivity index (χ2v) is 4.36. The molecule has 1 N–H and O–H groups in total. The molecule has 2 rings (SSSR count). The molecular weight excluding hydrogens is 230 g/mol. The van der Waals surface area contributed by atoms with E-state index in [0.29, 0.717) is 19.2 Å². The third-order valence-electron chi connectivity index (χ3n) is 3.02. The van der Waals surface area contributed by atoms with Gasteiger partial charge in [0.15, 0.2) is 0 Å². The molecule has 1 aliphatic heterocycles. The first-order chi connectivity index (χ1) is 8.81. The molecule has 0 radical (unpaired) electrons. The Kier molecular flexibility index (Phi) is 4.73. The lowest BCUT2D eigenvalue weighted by molar-refractivity contribution is -0.145. The van der Waals surface area contributed by atoms with Crippen molar-refractivity contribution in [2.24, 2.45) is 0 Å². The summed E-state index contributed by atoms with van der Waals surface area (Å²) in [6, 6.07) is 10.1. The Hall–Kier alpha value is -1.39. The molecule has 1 aromatic carbocycles. The lowest BCUT2D eigenvalue weighted by Crippen LogP contribution is -2.48. The molecule has 1 fully saturated rings. The fourth-order valence-corrected chi connectivity index (χ4v) is 1.90. The van der Waals surface area contributed by atoms with Gasteiger partial charge in [0.1, 0.15) is 0 Å². The average molecular weight is 249 g/mol. The standard InChI is InChI=1S/C14H19NO3/c1-2-18-14(16)13(8-15-12-9-17-10-12)11-6-4-3-5-7-11/h3-7,12-13,15H,2,8-10H2,1H3. The predicted molar refractivity (Wildman–Crippen MR) is 68.4 cm³/mol. The second-order valence-electron chi connectivity index (χ2n) is 4.36. The van der Waals surface area contributed by atoms with E-state index in [-0.39, 0.29) is 11.9 Å². The number of hydrogen-bond donors (Lipinski definition) is 1. The summed E-state index contributed by atoms with van der Waals surface area (Å²) < 4.78 is 10.2. The maximum absolute atomic E-state index is 12.0. The summed E-state index contributed by atoms with van der Waals surface area (Å²) in [6.07, 6.45) is 0. The van der Waals surface area contributed by atoms with Crippen LogP contribution in [-0.4, -0.2) is 38.4 Å². The van der Waals surface area contributed by atoms with Crippen molar-refractivity contribution in [1.29, 1.82) is 0 Å². The number of hydrogen-bond acceptors (Lipinski definition) is 4. The topological polar surface area (TPSA) is 47.6 Å². The van der Waals surface area contributed by atoms with Crippen molar-refractivity contribution < 1.29 is 14.3 Å². The summed E-state index contributed by atoms with van der Waals surface area (Å²) >= 11 is 0. The van der Waals surface area contributed by atoms with E-state index in [1.807, 2.05) is 37.3 Å². The van der Waals surface area contributed by atoms with Crippen molar-refractivity contribution in [2.45, 2.75) is 18.9 Å². The Bertz CT molecular complexity index is 376. The maximum Gasteiger partial charge on any atom is 0.314 e. The fraction of sp³-hybridized carbons (Fsp3) is 0.500. The molecule has 0 bridgehead atoms. The van der Waals surface area contributed by atoms with Gasteiger partial charge in [0.05, 0.1) is 31.8 Å². The van der Waals surface area contributed by atoms with Gasteiger partial charge in [-0.05, 0) is 12.5 Å². The Labute approximate surface area is 107 Å². The van der Waals surface area contributed by atoms with Crippen molar-refractivity contribution in [3.05, 3.63) is 35.9 Å². The van der Waals surface area contributed by atoms with Gasteiger partial charge in [0.25, 0.3) is 0 Å². The summed E-state index contributed by atoms with van der Waals surface area (Å²) in [5.74, 6) is -0.414. The van der Waals surface area contributed by atoms with Crippen LogP contribution < -0.4 is 5.32 Å². The minimum Gasteiger partial charge on any atom is -0.465 e. The molecule has 0 aliphatic carbocycles. The fourth-order valence-electron chi connectivity index (χ4n) is 1.90. The molecule has 98 valence electrons. The number of carbonyl (C=O) groups is 1. The third kappa shape index (κ3) is 3.31. The van der Waals surface area contributed by atoms with Crippen LogP contribution in [0.25, 0.3) is 0 Å². The number of nitrogens with one attached hydrogen (secondary N) is 1. The van der Waals surface area contributed by atoms with Crippen LogP contribution in [0.15, 0.2) is 30.3 Å². The van der Waals surface area contributed by atoms with Crippen LogP contribution in [0, 0.1) is 0 Å². The van der Waals surface area contributed by atoms with Crippen molar-refractivity contribution in [2.75, 3.05) is 26.4 Å². The molecule has 4 nitrogen and oxygen atoms in total. The molecule has 1 saturated heterocycles. The first-order valence-electron chi connectivity index (χ1n) is 6.34. The third-order valence-corrected chi connectivity index (χ3v) is 3.02. The minimum atomic E-state index is -0.244. The largest absolute Gasteiger partial charge is 0.465 e. The molecular formula is C14H19NO3. The normalized spacial score (nSPS) is 16.9. The van der Waals surface area contributed by atoms with E-state index < -0.39 is 0 Å². The number of rotatable bonds is 6. The van der Waals surface area contributed by atoms with Crippen LogP contribution in [0.1, 0.15) is 18.4 Å². The number of benzene rings is 1. The van der Waals surface area contributed by atoms with Gasteiger partial charge >= 0.3 is 5.97 Å². The van der Waals surface area contributed by atoms with Crippen LogP contribution in [0.5, 0.6) is 0 Å². The molecule has 1 heterocycles. The molecule has 1 unspecified atom stereocenters. The predicted octanol–water partition coefficient (Wildman–Crippen LogP) is 1.32. The summed E-state index contributed by atoms with van der Waals surface area (Å²) in [6.45, 7) is 4.29. The summed E-state index contributed by atoms with van der Waals surface area (Å²) in [4.78, 5) is 12.0. The van der Waals surface area contributed by atoms with Gasteiger partial charge in [-0.15, -0.1) is 0 Å². The molecule has 4 heteroatoms. The van der Waals surface area contributed by atoms with Crippen molar-refractivity contribution in [3.8, 4) is 0 Å². The molecule has 0 amide bonds. The molecule has 0 saturated carbocycles. The Morgan fingerprint density at radius 3 is 2.72 bits per heavy atom. The van der Waals surface area contributed by atoms with E-state index in [2.05, 4.69) is 5.32 Å². The number of carbonyl (C=O) groups excluding carboxylic acids is 1. The molecule has 1 atom stereocenters. The Morgan fingerprint density at radius 1 is 1.44 bits per heavy atom. The van der Waals surface area contributed by atoms with Crippen LogP contribution >= 0.6 is 0 Å². The van der Waals surface area contributed by atoms with E-state index in [0.717, 1.165) is 18.8 Å². The second kappa shape index (κ2) is 6.52. The van der Waals surface area contributed by atoms with Crippen LogP contribution in [0.2, 0.25) is 0 Å². The molecule has 1 aliphatic rings. The van der Waals surface area contributed by atoms with Crippen LogP contribution in [-0.2, 0) is 14.3 Å². The van der Waals surface area contributed by atoms with Gasteiger partial charge in [-0.1, -0.05) is 30.3 Å². The van der Waals surface area contributed by atoms with Gasteiger partial charge in [0, 0.05) is 6.54 Å². The summed E-state index contributed by atoms with van der Waals surface area (Å²) in [5.41, 5.74) is 0.990. The highest BCUT2D eigenvalue weighted by molar-refractivity contribution is 5.78. The van der Waals surface area contributed by atoms with Crippen molar-refractivity contribution >= 4 is 5.97 Å². The smallest absolute Gasteiger partial charge is 0.314 e. The van der Waals surface area contributed by atoms with E-state index in [4.69, 9.17) is 9.47 Å². The van der Waals surface area contributed by atoms with E-state index in [1.165, 1.54) is 0 Å². The zero-order valence-corrected chi connectivity index (χ0v) is 10.6. The van der Waals surface area contributed by atoms with E-state index >= 15 is 0 Å². The number of esters is 1. The lowest BCUT2D eigenvalue weighted by Gasteiger charge is -2.28. The van der Waals surface area contributed by atoms with Crippen LogP contribution in [0.4, 0.5) is 0 Å². The first kappa shape index (κ1) is 13.1. The zero-order chi connectivity index (χ0) is 12.8. The van der Waals surface area contributed by atoms with Crippen molar-refractivity contribution in [1.82, 2.24) is 5.32 Å². The Morgan fingerprint density at radius 2 is 2.17 bits per heavy atom. The zero-order valence-electron chi connectivity index (χ0n) is 10.6. The van der Waals surface area contributed by atoms with Crippen molar-refractivity contribution in [3.63, 3.8) is 0 Å².